The minimum absolute atomic E-state index is 0.119. The second-order valence-electron chi connectivity index (χ2n) is 3.19. The van der Waals surface area contributed by atoms with Crippen LogP contribution < -0.4 is 4.74 Å². The first-order chi connectivity index (χ1) is 6.86. The molecule has 0 heterocycles. The standard InChI is InChI=1S/C10H12O4S/c1-7(11)9-6-8(15(3,12)13)4-5-10(9)14-2/h4-6H,1-3H3. The van der Waals surface area contributed by atoms with Gasteiger partial charge < -0.3 is 4.74 Å². The van der Waals surface area contributed by atoms with Gasteiger partial charge in [0, 0.05) is 6.26 Å². The van der Waals surface area contributed by atoms with E-state index >= 15 is 0 Å². The first kappa shape index (κ1) is 11.7. The Morgan fingerprint density at radius 1 is 1.33 bits per heavy atom. The topological polar surface area (TPSA) is 60.4 Å². The number of carbonyl (C=O) groups is 1. The smallest absolute Gasteiger partial charge is 0.175 e. The molecule has 0 spiro atoms. The maximum atomic E-state index is 11.3. The van der Waals surface area contributed by atoms with Gasteiger partial charge in [0.25, 0.3) is 0 Å². The number of rotatable bonds is 3. The Morgan fingerprint density at radius 2 is 1.93 bits per heavy atom. The lowest BCUT2D eigenvalue weighted by Crippen LogP contribution is -2.02. The van der Waals surface area contributed by atoms with Gasteiger partial charge in [-0.25, -0.2) is 8.42 Å². The number of methoxy groups -OCH3 is 1. The molecule has 0 saturated heterocycles. The molecule has 1 rings (SSSR count). The summed E-state index contributed by atoms with van der Waals surface area (Å²) in [4.78, 5) is 11.3. The zero-order chi connectivity index (χ0) is 11.6. The zero-order valence-corrected chi connectivity index (χ0v) is 9.59. The number of hydrogen-bond acceptors (Lipinski definition) is 4. The number of ketones is 1. The molecule has 5 heteroatoms. The Morgan fingerprint density at radius 3 is 2.33 bits per heavy atom. The lowest BCUT2D eigenvalue weighted by Gasteiger charge is -2.07. The number of Topliss-reactive ketones (excluding diaryl/α,β-unsaturated/α-hetero) is 1. The summed E-state index contributed by atoms with van der Waals surface area (Å²) in [5.41, 5.74) is 0.278. The van der Waals surface area contributed by atoms with E-state index < -0.39 is 9.84 Å². The highest BCUT2D eigenvalue weighted by molar-refractivity contribution is 7.90. The molecule has 0 bridgehead atoms. The molecular weight excluding hydrogens is 216 g/mol. The summed E-state index contributed by atoms with van der Waals surface area (Å²) in [5.74, 6) is 0.159. The van der Waals surface area contributed by atoms with Crippen molar-refractivity contribution < 1.29 is 17.9 Å². The Balaban J connectivity index is 3.42. The van der Waals surface area contributed by atoms with Crippen LogP contribution in [-0.2, 0) is 9.84 Å². The predicted octanol–water partition coefficient (Wildman–Crippen LogP) is 1.30. The van der Waals surface area contributed by atoms with Crippen LogP contribution in [0.1, 0.15) is 17.3 Å². The van der Waals surface area contributed by atoms with Crippen LogP contribution in [0.5, 0.6) is 5.75 Å². The minimum Gasteiger partial charge on any atom is -0.496 e. The van der Waals surface area contributed by atoms with Gasteiger partial charge in [0.05, 0.1) is 17.6 Å². The third kappa shape index (κ3) is 2.56. The first-order valence-electron chi connectivity index (χ1n) is 4.25. The predicted molar refractivity (Wildman–Crippen MR) is 56.1 cm³/mol. The molecule has 82 valence electrons. The maximum absolute atomic E-state index is 11.3. The molecule has 1 aromatic rings. The van der Waals surface area contributed by atoms with E-state index in [-0.39, 0.29) is 16.2 Å². The lowest BCUT2D eigenvalue weighted by atomic mass is 10.1. The highest BCUT2D eigenvalue weighted by atomic mass is 32.2. The van der Waals surface area contributed by atoms with Crippen LogP contribution in [0.3, 0.4) is 0 Å². The summed E-state index contributed by atoms with van der Waals surface area (Å²) in [6, 6.07) is 4.23. The minimum atomic E-state index is -3.29. The van der Waals surface area contributed by atoms with Crippen molar-refractivity contribution in [1.29, 1.82) is 0 Å². The SMILES string of the molecule is COc1ccc(S(C)(=O)=O)cc1C(C)=O. The number of sulfone groups is 1. The van der Waals surface area contributed by atoms with Gasteiger partial charge in [-0.15, -0.1) is 0 Å². The van der Waals surface area contributed by atoms with Gasteiger partial charge in [0.2, 0.25) is 0 Å². The van der Waals surface area contributed by atoms with Crippen LogP contribution >= 0.6 is 0 Å². The summed E-state index contributed by atoms with van der Waals surface area (Å²) in [6.45, 7) is 1.36. The van der Waals surface area contributed by atoms with Crippen LogP contribution in [0.25, 0.3) is 0 Å². The number of ether oxygens (including phenoxy) is 1. The van der Waals surface area contributed by atoms with Gasteiger partial charge in [-0.1, -0.05) is 0 Å². The van der Waals surface area contributed by atoms with Gasteiger partial charge in [-0.05, 0) is 25.1 Å². The molecule has 0 amide bonds. The Bertz CT molecular complexity index is 488. The number of carbonyl (C=O) groups excluding carboxylic acids is 1. The van der Waals surface area contributed by atoms with Crippen molar-refractivity contribution >= 4 is 15.6 Å². The largest absolute Gasteiger partial charge is 0.496 e. The highest BCUT2D eigenvalue weighted by Gasteiger charge is 2.13. The average molecular weight is 228 g/mol. The van der Waals surface area contributed by atoms with Crippen molar-refractivity contribution in [2.75, 3.05) is 13.4 Å². The van der Waals surface area contributed by atoms with Crippen molar-refractivity contribution in [3.63, 3.8) is 0 Å². The van der Waals surface area contributed by atoms with E-state index in [2.05, 4.69) is 0 Å². The first-order valence-corrected chi connectivity index (χ1v) is 6.14. The summed E-state index contributed by atoms with van der Waals surface area (Å²) < 4.78 is 27.5. The fraction of sp³-hybridized carbons (Fsp3) is 0.300. The molecule has 4 nitrogen and oxygen atoms in total. The van der Waals surface area contributed by atoms with Crippen molar-refractivity contribution in [3.05, 3.63) is 23.8 Å². The fourth-order valence-corrected chi connectivity index (χ4v) is 1.84. The molecule has 0 aliphatic carbocycles. The molecular formula is C10H12O4S. The van der Waals surface area contributed by atoms with Crippen molar-refractivity contribution in [2.24, 2.45) is 0 Å². The third-order valence-corrected chi connectivity index (χ3v) is 3.09. The van der Waals surface area contributed by atoms with Crippen molar-refractivity contribution in [3.8, 4) is 5.75 Å². The molecule has 0 aliphatic rings. The quantitative estimate of drug-likeness (QED) is 0.732. The summed E-state index contributed by atoms with van der Waals surface area (Å²) in [5, 5.41) is 0. The van der Waals surface area contributed by atoms with Gasteiger partial charge >= 0.3 is 0 Å². The summed E-state index contributed by atoms with van der Waals surface area (Å²) in [6.07, 6.45) is 1.10. The second-order valence-corrected chi connectivity index (χ2v) is 5.21. The number of benzene rings is 1. The highest BCUT2D eigenvalue weighted by Crippen LogP contribution is 2.22. The van der Waals surface area contributed by atoms with E-state index in [1.54, 1.807) is 0 Å². The molecule has 1 aromatic carbocycles. The van der Waals surface area contributed by atoms with E-state index in [9.17, 15) is 13.2 Å². The molecule has 0 aromatic heterocycles. The van der Waals surface area contributed by atoms with Crippen molar-refractivity contribution in [1.82, 2.24) is 0 Å². The molecule has 0 saturated carbocycles. The summed E-state index contributed by atoms with van der Waals surface area (Å²) >= 11 is 0. The van der Waals surface area contributed by atoms with Crippen LogP contribution in [0, 0.1) is 0 Å². The monoisotopic (exact) mass is 228 g/mol. The van der Waals surface area contributed by atoms with Crippen LogP contribution in [0.2, 0.25) is 0 Å². The molecule has 0 atom stereocenters. The maximum Gasteiger partial charge on any atom is 0.175 e. The molecule has 0 N–H and O–H groups in total. The number of hydrogen-bond donors (Lipinski definition) is 0. The fourth-order valence-electron chi connectivity index (χ4n) is 1.19. The molecule has 0 fully saturated rings. The molecule has 0 radical (unpaired) electrons. The van der Waals surface area contributed by atoms with E-state index in [1.165, 1.54) is 32.2 Å². The molecule has 0 unspecified atom stereocenters. The van der Waals surface area contributed by atoms with E-state index in [0.717, 1.165) is 6.26 Å². The third-order valence-electron chi connectivity index (χ3n) is 1.98. The Hall–Kier alpha value is -1.36. The van der Waals surface area contributed by atoms with Gasteiger partial charge in [0.15, 0.2) is 15.6 Å². The normalized spacial score (nSPS) is 11.1. The molecule has 0 aliphatic heterocycles. The summed E-state index contributed by atoms with van der Waals surface area (Å²) in [7, 11) is -1.86. The average Bonchev–Trinajstić information content (AvgIpc) is 2.15. The van der Waals surface area contributed by atoms with E-state index in [4.69, 9.17) is 4.74 Å². The van der Waals surface area contributed by atoms with Crippen LogP contribution in [0.4, 0.5) is 0 Å². The van der Waals surface area contributed by atoms with E-state index in [1.807, 2.05) is 0 Å². The van der Waals surface area contributed by atoms with Gasteiger partial charge in [-0.2, -0.15) is 0 Å². The zero-order valence-electron chi connectivity index (χ0n) is 8.77. The van der Waals surface area contributed by atoms with Crippen LogP contribution in [0.15, 0.2) is 23.1 Å². The Kier molecular flexibility index (Phi) is 3.14. The van der Waals surface area contributed by atoms with Crippen molar-refractivity contribution in [2.45, 2.75) is 11.8 Å². The Labute approximate surface area is 88.8 Å². The lowest BCUT2D eigenvalue weighted by molar-refractivity contribution is 0.101. The molecule has 15 heavy (non-hydrogen) atoms. The van der Waals surface area contributed by atoms with E-state index in [0.29, 0.717) is 5.75 Å². The second kappa shape index (κ2) is 4.02. The van der Waals surface area contributed by atoms with Gasteiger partial charge in [-0.3, -0.25) is 4.79 Å². The van der Waals surface area contributed by atoms with Crippen LogP contribution in [-0.4, -0.2) is 27.6 Å². The van der Waals surface area contributed by atoms with Gasteiger partial charge in [0.1, 0.15) is 5.75 Å².